The Morgan fingerprint density at radius 1 is 1.62 bits per heavy atom. The minimum absolute atomic E-state index is 0.241. The SMILES string of the molecule is Cc1nc(C#CCC=O)ccc1N. The highest BCUT2D eigenvalue weighted by Crippen LogP contribution is 2.06. The Labute approximate surface area is 77.0 Å². The van der Waals surface area contributed by atoms with E-state index in [1.165, 1.54) is 0 Å². The summed E-state index contributed by atoms with van der Waals surface area (Å²) in [6, 6.07) is 3.49. The van der Waals surface area contributed by atoms with Crippen molar-refractivity contribution in [3.63, 3.8) is 0 Å². The Morgan fingerprint density at radius 3 is 3.00 bits per heavy atom. The zero-order valence-electron chi connectivity index (χ0n) is 7.37. The van der Waals surface area contributed by atoms with Crippen LogP contribution >= 0.6 is 0 Å². The summed E-state index contributed by atoms with van der Waals surface area (Å²) in [4.78, 5) is 14.1. The van der Waals surface area contributed by atoms with E-state index in [0.717, 1.165) is 12.0 Å². The molecule has 66 valence electrons. The van der Waals surface area contributed by atoms with Crippen molar-refractivity contribution in [2.24, 2.45) is 0 Å². The number of pyridine rings is 1. The first-order valence-corrected chi connectivity index (χ1v) is 3.89. The monoisotopic (exact) mass is 174 g/mol. The lowest BCUT2D eigenvalue weighted by atomic mass is 10.2. The zero-order valence-corrected chi connectivity index (χ0v) is 7.37. The van der Waals surface area contributed by atoms with Crippen LogP contribution in [0.2, 0.25) is 0 Å². The van der Waals surface area contributed by atoms with Crippen LogP contribution in [-0.4, -0.2) is 11.3 Å². The molecule has 3 nitrogen and oxygen atoms in total. The topological polar surface area (TPSA) is 56.0 Å². The third kappa shape index (κ3) is 2.60. The molecule has 0 saturated carbocycles. The molecular weight excluding hydrogens is 164 g/mol. The predicted molar refractivity (Wildman–Crippen MR) is 50.9 cm³/mol. The van der Waals surface area contributed by atoms with E-state index < -0.39 is 0 Å². The number of hydrogen-bond donors (Lipinski definition) is 1. The van der Waals surface area contributed by atoms with Crippen LogP contribution in [0.5, 0.6) is 0 Å². The van der Waals surface area contributed by atoms with Gasteiger partial charge in [-0.25, -0.2) is 4.98 Å². The Morgan fingerprint density at radius 2 is 2.38 bits per heavy atom. The maximum atomic E-state index is 9.97. The summed E-state index contributed by atoms with van der Waals surface area (Å²) in [6.45, 7) is 1.82. The fourth-order valence-corrected chi connectivity index (χ4v) is 0.825. The van der Waals surface area contributed by atoms with Crippen LogP contribution in [0.3, 0.4) is 0 Å². The molecule has 0 spiro atoms. The maximum Gasteiger partial charge on any atom is 0.131 e. The predicted octanol–water partition coefficient (Wildman–Crippen LogP) is 0.913. The number of nitrogens with two attached hydrogens (primary N) is 1. The van der Waals surface area contributed by atoms with Crippen molar-refractivity contribution in [1.82, 2.24) is 4.98 Å². The molecule has 0 saturated heterocycles. The molecule has 0 amide bonds. The van der Waals surface area contributed by atoms with E-state index in [0.29, 0.717) is 11.4 Å². The highest BCUT2D eigenvalue weighted by Gasteiger charge is 1.94. The number of rotatable bonds is 1. The van der Waals surface area contributed by atoms with Crippen LogP contribution in [0.25, 0.3) is 0 Å². The van der Waals surface area contributed by atoms with Crippen LogP contribution in [0.4, 0.5) is 5.69 Å². The number of aromatic nitrogens is 1. The lowest BCUT2D eigenvalue weighted by molar-refractivity contribution is -0.107. The molecule has 0 aliphatic carbocycles. The maximum absolute atomic E-state index is 9.97. The van der Waals surface area contributed by atoms with E-state index in [2.05, 4.69) is 16.8 Å². The summed E-state index contributed by atoms with van der Waals surface area (Å²) >= 11 is 0. The molecule has 2 N–H and O–H groups in total. The standard InChI is InChI=1S/C10H10N2O/c1-8-10(11)6-5-9(12-8)4-2-3-7-13/h5-7H,3,11H2,1H3. The fourth-order valence-electron chi connectivity index (χ4n) is 0.825. The molecular formula is C10H10N2O. The van der Waals surface area contributed by atoms with Crippen LogP contribution in [0.1, 0.15) is 17.8 Å². The molecule has 1 heterocycles. The van der Waals surface area contributed by atoms with Gasteiger partial charge in [-0.3, -0.25) is 0 Å². The molecule has 0 aliphatic heterocycles. The van der Waals surface area contributed by atoms with Gasteiger partial charge >= 0.3 is 0 Å². The minimum Gasteiger partial charge on any atom is -0.397 e. The number of nitrogens with zero attached hydrogens (tertiary/aromatic N) is 1. The molecule has 13 heavy (non-hydrogen) atoms. The largest absolute Gasteiger partial charge is 0.397 e. The summed E-state index contributed by atoms with van der Waals surface area (Å²) in [6.07, 6.45) is 1.00. The fraction of sp³-hybridized carbons (Fsp3) is 0.200. The lowest BCUT2D eigenvalue weighted by Crippen LogP contribution is -1.94. The van der Waals surface area contributed by atoms with E-state index in [-0.39, 0.29) is 6.42 Å². The van der Waals surface area contributed by atoms with Crippen LogP contribution in [-0.2, 0) is 4.79 Å². The number of hydrogen-bond acceptors (Lipinski definition) is 3. The van der Waals surface area contributed by atoms with E-state index in [4.69, 9.17) is 5.73 Å². The second-order valence-corrected chi connectivity index (χ2v) is 2.54. The van der Waals surface area contributed by atoms with Crippen molar-refractivity contribution in [2.75, 3.05) is 5.73 Å². The van der Waals surface area contributed by atoms with Gasteiger partial charge in [-0.2, -0.15) is 0 Å². The summed E-state index contributed by atoms with van der Waals surface area (Å²) in [7, 11) is 0. The summed E-state index contributed by atoms with van der Waals surface area (Å²) in [5.74, 6) is 5.44. The van der Waals surface area contributed by atoms with Gasteiger partial charge in [0.05, 0.1) is 17.8 Å². The molecule has 0 unspecified atom stereocenters. The average Bonchev–Trinajstić information content (AvgIpc) is 2.12. The van der Waals surface area contributed by atoms with Gasteiger partial charge in [-0.1, -0.05) is 5.92 Å². The number of aldehydes is 1. The van der Waals surface area contributed by atoms with Crippen LogP contribution < -0.4 is 5.73 Å². The van der Waals surface area contributed by atoms with Gasteiger partial charge in [0.25, 0.3) is 0 Å². The van der Waals surface area contributed by atoms with Gasteiger partial charge in [0.1, 0.15) is 12.0 Å². The molecule has 0 bridgehead atoms. The first-order chi connectivity index (χ1) is 6.24. The number of carbonyl (C=O) groups is 1. The second kappa shape index (κ2) is 4.27. The Kier molecular flexibility index (Phi) is 3.04. The zero-order chi connectivity index (χ0) is 9.68. The first kappa shape index (κ1) is 9.27. The smallest absolute Gasteiger partial charge is 0.131 e. The van der Waals surface area contributed by atoms with Crippen molar-refractivity contribution in [2.45, 2.75) is 13.3 Å². The highest BCUT2D eigenvalue weighted by atomic mass is 16.1. The molecule has 0 aromatic carbocycles. The van der Waals surface area contributed by atoms with Gasteiger partial charge < -0.3 is 10.5 Å². The van der Waals surface area contributed by atoms with Crippen LogP contribution in [0, 0.1) is 18.8 Å². The minimum atomic E-state index is 0.241. The Bertz CT molecular complexity index is 374. The van der Waals surface area contributed by atoms with Gasteiger partial charge in [0.15, 0.2) is 0 Å². The van der Waals surface area contributed by atoms with E-state index in [9.17, 15) is 4.79 Å². The number of carbonyl (C=O) groups excluding carboxylic acids is 1. The molecule has 3 heteroatoms. The molecule has 1 rings (SSSR count). The van der Waals surface area contributed by atoms with E-state index in [1.54, 1.807) is 12.1 Å². The van der Waals surface area contributed by atoms with Gasteiger partial charge in [-0.05, 0) is 25.0 Å². The Hall–Kier alpha value is -1.82. The summed E-state index contributed by atoms with van der Waals surface area (Å²) in [5.41, 5.74) is 7.64. The van der Waals surface area contributed by atoms with Gasteiger partial charge in [0.2, 0.25) is 0 Å². The molecule has 1 aromatic rings. The third-order valence-electron chi connectivity index (χ3n) is 1.53. The van der Waals surface area contributed by atoms with E-state index in [1.807, 2.05) is 6.92 Å². The Balaban J connectivity index is 2.87. The van der Waals surface area contributed by atoms with Crippen molar-refractivity contribution < 1.29 is 4.79 Å². The van der Waals surface area contributed by atoms with Crippen molar-refractivity contribution in [3.8, 4) is 11.8 Å². The quantitative estimate of drug-likeness (QED) is 0.508. The van der Waals surface area contributed by atoms with Crippen molar-refractivity contribution in [1.29, 1.82) is 0 Å². The highest BCUT2D eigenvalue weighted by molar-refractivity contribution is 5.55. The summed E-state index contributed by atoms with van der Waals surface area (Å²) < 4.78 is 0. The third-order valence-corrected chi connectivity index (χ3v) is 1.53. The molecule has 0 radical (unpaired) electrons. The van der Waals surface area contributed by atoms with E-state index >= 15 is 0 Å². The lowest BCUT2D eigenvalue weighted by Gasteiger charge is -1.97. The van der Waals surface area contributed by atoms with Crippen molar-refractivity contribution in [3.05, 3.63) is 23.5 Å². The molecule has 0 atom stereocenters. The number of aryl methyl sites for hydroxylation is 1. The summed E-state index contributed by atoms with van der Waals surface area (Å²) in [5, 5.41) is 0. The first-order valence-electron chi connectivity index (χ1n) is 3.89. The second-order valence-electron chi connectivity index (χ2n) is 2.54. The molecule has 0 fully saturated rings. The molecule has 1 aromatic heterocycles. The molecule has 0 aliphatic rings. The number of nitrogen functional groups attached to an aromatic ring is 1. The number of anilines is 1. The van der Waals surface area contributed by atoms with Gasteiger partial charge in [0, 0.05) is 0 Å². The van der Waals surface area contributed by atoms with Crippen LogP contribution in [0.15, 0.2) is 12.1 Å². The normalized spacial score (nSPS) is 8.69. The van der Waals surface area contributed by atoms with Gasteiger partial charge in [-0.15, -0.1) is 0 Å². The average molecular weight is 174 g/mol. The van der Waals surface area contributed by atoms with Crippen molar-refractivity contribution >= 4 is 12.0 Å².